The van der Waals surface area contributed by atoms with Gasteiger partial charge in [-0.25, -0.2) is 0 Å². The van der Waals surface area contributed by atoms with Gasteiger partial charge in [-0.1, -0.05) is 25.1 Å². The summed E-state index contributed by atoms with van der Waals surface area (Å²) in [5.74, 6) is 0.832. The standard InChI is InChI=1S/C19H29NO/c1-3-20-19(12-14-10-18(11-14)21-4-2)17-9-8-15-6-5-7-16(15)13-17/h8-9,13-14,18-20H,3-7,10-12H2,1-2H3. The van der Waals surface area contributed by atoms with Gasteiger partial charge >= 0.3 is 0 Å². The topological polar surface area (TPSA) is 21.3 Å². The van der Waals surface area contributed by atoms with Crippen molar-refractivity contribution in [2.75, 3.05) is 13.2 Å². The van der Waals surface area contributed by atoms with Crippen LogP contribution in [-0.2, 0) is 17.6 Å². The second kappa shape index (κ2) is 6.93. The van der Waals surface area contributed by atoms with Crippen LogP contribution in [0.5, 0.6) is 0 Å². The van der Waals surface area contributed by atoms with Crippen molar-refractivity contribution in [1.29, 1.82) is 0 Å². The van der Waals surface area contributed by atoms with Crippen LogP contribution in [0.1, 0.15) is 62.3 Å². The highest BCUT2D eigenvalue weighted by atomic mass is 16.5. The van der Waals surface area contributed by atoms with Crippen molar-refractivity contribution >= 4 is 0 Å². The quantitative estimate of drug-likeness (QED) is 0.817. The van der Waals surface area contributed by atoms with E-state index in [1.54, 1.807) is 11.1 Å². The van der Waals surface area contributed by atoms with E-state index in [-0.39, 0.29) is 0 Å². The van der Waals surface area contributed by atoms with Gasteiger partial charge in [0.05, 0.1) is 6.10 Å². The van der Waals surface area contributed by atoms with E-state index in [0.29, 0.717) is 12.1 Å². The van der Waals surface area contributed by atoms with Crippen LogP contribution < -0.4 is 5.32 Å². The molecule has 1 fully saturated rings. The molecule has 0 amide bonds. The molecule has 0 heterocycles. The van der Waals surface area contributed by atoms with Crippen LogP contribution in [0, 0.1) is 5.92 Å². The minimum Gasteiger partial charge on any atom is -0.378 e. The lowest BCUT2D eigenvalue weighted by Gasteiger charge is -2.37. The average molecular weight is 287 g/mol. The van der Waals surface area contributed by atoms with Gasteiger partial charge in [-0.2, -0.15) is 0 Å². The number of fused-ring (bicyclic) bond motifs is 1. The first-order valence-corrected chi connectivity index (χ1v) is 8.76. The highest BCUT2D eigenvalue weighted by Crippen LogP contribution is 2.37. The summed E-state index contributed by atoms with van der Waals surface area (Å²) in [5, 5.41) is 3.70. The van der Waals surface area contributed by atoms with Crippen molar-refractivity contribution < 1.29 is 4.74 Å². The fourth-order valence-electron chi connectivity index (χ4n) is 3.96. The zero-order valence-electron chi connectivity index (χ0n) is 13.5. The molecule has 0 aromatic heterocycles. The molecule has 2 aliphatic rings. The number of benzene rings is 1. The van der Waals surface area contributed by atoms with Gasteiger partial charge < -0.3 is 10.1 Å². The van der Waals surface area contributed by atoms with E-state index in [4.69, 9.17) is 4.74 Å². The second-order valence-electron chi connectivity index (χ2n) is 6.64. The Hall–Kier alpha value is -0.860. The van der Waals surface area contributed by atoms with Crippen LogP contribution in [0.4, 0.5) is 0 Å². The third-order valence-electron chi connectivity index (χ3n) is 5.14. The van der Waals surface area contributed by atoms with E-state index in [9.17, 15) is 0 Å². The fourth-order valence-corrected chi connectivity index (χ4v) is 3.96. The molecule has 0 radical (unpaired) electrons. The predicted molar refractivity (Wildman–Crippen MR) is 87.6 cm³/mol. The average Bonchev–Trinajstić information content (AvgIpc) is 2.91. The van der Waals surface area contributed by atoms with Gasteiger partial charge in [-0.3, -0.25) is 0 Å². The summed E-state index contributed by atoms with van der Waals surface area (Å²) in [6.07, 6.45) is 8.18. The first kappa shape index (κ1) is 15.1. The molecule has 21 heavy (non-hydrogen) atoms. The maximum Gasteiger partial charge on any atom is 0.0580 e. The Bertz CT molecular complexity index is 465. The SMILES string of the molecule is CCNC(CC1CC(OCC)C1)c1ccc2c(c1)CCC2. The monoisotopic (exact) mass is 287 g/mol. The zero-order chi connectivity index (χ0) is 14.7. The highest BCUT2D eigenvalue weighted by Gasteiger charge is 2.31. The molecule has 0 saturated heterocycles. The highest BCUT2D eigenvalue weighted by molar-refractivity contribution is 5.36. The van der Waals surface area contributed by atoms with E-state index >= 15 is 0 Å². The Morgan fingerprint density at radius 1 is 1.19 bits per heavy atom. The molecule has 0 bridgehead atoms. The van der Waals surface area contributed by atoms with Crippen LogP contribution in [-0.4, -0.2) is 19.3 Å². The fraction of sp³-hybridized carbons (Fsp3) is 0.684. The largest absolute Gasteiger partial charge is 0.378 e. The lowest BCUT2D eigenvalue weighted by atomic mass is 9.77. The molecule has 1 aromatic carbocycles. The molecule has 1 N–H and O–H groups in total. The Balaban J connectivity index is 1.62. The lowest BCUT2D eigenvalue weighted by Crippen LogP contribution is -2.34. The van der Waals surface area contributed by atoms with Crippen molar-refractivity contribution in [2.24, 2.45) is 5.92 Å². The summed E-state index contributed by atoms with van der Waals surface area (Å²) in [6, 6.07) is 7.71. The number of hydrogen-bond donors (Lipinski definition) is 1. The molecule has 1 atom stereocenters. The molecular weight excluding hydrogens is 258 g/mol. The number of rotatable bonds is 7. The molecule has 0 spiro atoms. The lowest BCUT2D eigenvalue weighted by molar-refractivity contribution is -0.0291. The van der Waals surface area contributed by atoms with E-state index in [2.05, 4.69) is 37.4 Å². The van der Waals surface area contributed by atoms with Gasteiger partial charge in [-0.05, 0) is 74.6 Å². The van der Waals surface area contributed by atoms with Crippen LogP contribution >= 0.6 is 0 Å². The summed E-state index contributed by atoms with van der Waals surface area (Å²) >= 11 is 0. The molecule has 2 nitrogen and oxygen atoms in total. The van der Waals surface area contributed by atoms with Crippen LogP contribution in [0.25, 0.3) is 0 Å². The molecule has 2 aliphatic carbocycles. The smallest absolute Gasteiger partial charge is 0.0580 e. The molecule has 1 unspecified atom stereocenters. The van der Waals surface area contributed by atoms with Gasteiger partial charge in [0, 0.05) is 12.6 Å². The van der Waals surface area contributed by atoms with Crippen molar-refractivity contribution in [3.05, 3.63) is 34.9 Å². The summed E-state index contributed by atoms with van der Waals surface area (Å²) in [4.78, 5) is 0. The maximum absolute atomic E-state index is 5.70. The minimum absolute atomic E-state index is 0.522. The van der Waals surface area contributed by atoms with E-state index in [1.165, 1.54) is 44.1 Å². The van der Waals surface area contributed by atoms with Gasteiger partial charge in [-0.15, -0.1) is 0 Å². The summed E-state index contributed by atoms with van der Waals surface area (Å²) in [5.41, 5.74) is 4.67. The maximum atomic E-state index is 5.70. The van der Waals surface area contributed by atoms with Crippen molar-refractivity contribution in [3.63, 3.8) is 0 Å². The molecule has 0 aliphatic heterocycles. The van der Waals surface area contributed by atoms with E-state index in [1.807, 2.05) is 0 Å². The normalized spacial score (nSPS) is 25.4. The molecule has 3 rings (SSSR count). The number of aryl methyl sites for hydroxylation is 2. The van der Waals surface area contributed by atoms with Gasteiger partial charge in [0.15, 0.2) is 0 Å². The Labute approximate surface area is 129 Å². The Morgan fingerprint density at radius 3 is 2.76 bits per heavy atom. The minimum atomic E-state index is 0.522. The second-order valence-corrected chi connectivity index (χ2v) is 6.64. The molecule has 116 valence electrons. The van der Waals surface area contributed by atoms with Crippen molar-refractivity contribution in [3.8, 4) is 0 Å². The summed E-state index contributed by atoms with van der Waals surface area (Å²) in [7, 11) is 0. The van der Waals surface area contributed by atoms with E-state index in [0.717, 1.165) is 19.1 Å². The van der Waals surface area contributed by atoms with Crippen molar-refractivity contribution in [2.45, 2.75) is 64.5 Å². The zero-order valence-corrected chi connectivity index (χ0v) is 13.5. The van der Waals surface area contributed by atoms with Crippen LogP contribution in [0.15, 0.2) is 18.2 Å². The van der Waals surface area contributed by atoms with Gasteiger partial charge in [0.1, 0.15) is 0 Å². The van der Waals surface area contributed by atoms with E-state index < -0.39 is 0 Å². The number of hydrogen-bond acceptors (Lipinski definition) is 2. The predicted octanol–water partition coefficient (Wildman–Crippen LogP) is 4.03. The number of ether oxygens (including phenoxy) is 1. The third kappa shape index (κ3) is 3.49. The molecule has 1 saturated carbocycles. The van der Waals surface area contributed by atoms with Crippen LogP contribution in [0.3, 0.4) is 0 Å². The molecule has 2 heteroatoms. The molecule has 1 aromatic rings. The third-order valence-corrected chi connectivity index (χ3v) is 5.14. The first-order chi connectivity index (χ1) is 10.3. The summed E-state index contributed by atoms with van der Waals surface area (Å²) in [6.45, 7) is 6.21. The van der Waals surface area contributed by atoms with Gasteiger partial charge in [0.25, 0.3) is 0 Å². The number of nitrogens with one attached hydrogen (secondary N) is 1. The van der Waals surface area contributed by atoms with Crippen molar-refractivity contribution in [1.82, 2.24) is 5.32 Å². The summed E-state index contributed by atoms with van der Waals surface area (Å²) < 4.78 is 5.70. The van der Waals surface area contributed by atoms with Gasteiger partial charge in [0.2, 0.25) is 0 Å². The van der Waals surface area contributed by atoms with Crippen LogP contribution in [0.2, 0.25) is 0 Å². The Morgan fingerprint density at radius 2 is 2.00 bits per heavy atom. The Kier molecular flexibility index (Phi) is 4.97. The first-order valence-electron chi connectivity index (χ1n) is 8.76. The molecular formula is C19H29NO.